The molecule has 2 N–H and O–H groups in total. The Kier molecular flexibility index (Phi) is 5.31. The van der Waals surface area contributed by atoms with Crippen molar-refractivity contribution >= 4 is 23.7 Å². The quantitative estimate of drug-likeness (QED) is 0.765. The van der Waals surface area contributed by atoms with Crippen molar-refractivity contribution in [3.63, 3.8) is 0 Å². The number of hydrogen-bond acceptors (Lipinski definition) is 4. The number of nitrogens with zero attached hydrogens (tertiary/aromatic N) is 1. The average Bonchev–Trinajstić information content (AvgIpc) is 2.67. The van der Waals surface area contributed by atoms with Crippen molar-refractivity contribution in [1.29, 1.82) is 0 Å². The third-order valence-electron chi connectivity index (χ3n) is 4.53. The molecule has 0 spiro atoms. The number of carboxylic acid groups (broad SMARTS) is 1. The minimum Gasteiger partial charge on any atom is -0.478 e. The second-order valence-corrected chi connectivity index (χ2v) is 6.20. The van der Waals surface area contributed by atoms with E-state index in [1.54, 1.807) is 0 Å². The molecule has 3 rings (SSSR count). The van der Waals surface area contributed by atoms with Gasteiger partial charge in [0.2, 0.25) is 0 Å². The van der Waals surface area contributed by atoms with Gasteiger partial charge in [-0.2, -0.15) is 0 Å². The molecule has 2 aromatic carbocycles. The number of urea groups is 1. The SMILES string of the molecule is COC(=O)C1=C(C)N(c2cccc(C(=O)O)c2)C(=O)N[C@@H]1c1c(F)cccc1F. The van der Waals surface area contributed by atoms with Gasteiger partial charge < -0.3 is 15.2 Å². The minimum absolute atomic E-state index is 0.0517. The first kappa shape index (κ1) is 20.0. The molecule has 150 valence electrons. The molecule has 0 unspecified atom stereocenters. The van der Waals surface area contributed by atoms with Gasteiger partial charge >= 0.3 is 18.0 Å². The Morgan fingerprint density at radius 2 is 1.76 bits per heavy atom. The van der Waals surface area contributed by atoms with Crippen LogP contribution >= 0.6 is 0 Å². The second kappa shape index (κ2) is 7.70. The van der Waals surface area contributed by atoms with E-state index in [1.165, 1.54) is 31.2 Å². The van der Waals surface area contributed by atoms with E-state index in [9.17, 15) is 28.3 Å². The number of anilines is 1. The molecular formula is C20H16F2N2O5. The van der Waals surface area contributed by atoms with Crippen LogP contribution in [0.1, 0.15) is 28.9 Å². The summed E-state index contributed by atoms with van der Waals surface area (Å²) >= 11 is 0. The molecule has 0 aliphatic carbocycles. The smallest absolute Gasteiger partial charge is 0.337 e. The highest BCUT2D eigenvalue weighted by Crippen LogP contribution is 2.36. The Morgan fingerprint density at radius 3 is 2.34 bits per heavy atom. The molecule has 0 aromatic heterocycles. The van der Waals surface area contributed by atoms with Gasteiger partial charge in [-0.3, -0.25) is 4.90 Å². The lowest BCUT2D eigenvalue weighted by molar-refractivity contribution is -0.136. The highest BCUT2D eigenvalue weighted by molar-refractivity contribution is 6.03. The number of aromatic carboxylic acids is 1. The second-order valence-electron chi connectivity index (χ2n) is 6.20. The summed E-state index contributed by atoms with van der Waals surface area (Å²) < 4.78 is 33.5. The maximum Gasteiger partial charge on any atom is 0.337 e. The molecular weight excluding hydrogens is 386 g/mol. The zero-order chi connectivity index (χ0) is 21.3. The highest BCUT2D eigenvalue weighted by Gasteiger charge is 2.39. The van der Waals surface area contributed by atoms with Crippen LogP contribution in [0.3, 0.4) is 0 Å². The summed E-state index contributed by atoms with van der Waals surface area (Å²) in [6.45, 7) is 1.41. The van der Waals surface area contributed by atoms with Crippen molar-refractivity contribution in [2.24, 2.45) is 0 Å². The van der Waals surface area contributed by atoms with Gasteiger partial charge in [-0.1, -0.05) is 12.1 Å². The molecule has 2 aromatic rings. The Labute approximate surface area is 164 Å². The van der Waals surface area contributed by atoms with Gasteiger partial charge in [0.15, 0.2) is 0 Å². The van der Waals surface area contributed by atoms with Crippen molar-refractivity contribution in [2.75, 3.05) is 12.0 Å². The van der Waals surface area contributed by atoms with Crippen LogP contribution in [0.15, 0.2) is 53.7 Å². The van der Waals surface area contributed by atoms with Gasteiger partial charge in [-0.25, -0.2) is 23.2 Å². The number of rotatable bonds is 4. The van der Waals surface area contributed by atoms with Crippen molar-refractivity contribution < 1.29 is 33.0 Å². The number of esters is 1. The largest absolute Gasteiger partial charge is 0.478 e. The summed E-state index contributed by atoms with van der Waals surface area (Å²) in [5, 5.41) is 11.6. The van der Waals surface area contributed by atoms with Crippen LogP contribution in [0.4, 0.5) is 19.3 Å². The van der Waals surface area contributed by atoms with Crippen molar-refractivity contribution in [3.05, 3.63) is 76.5 Å². The summed E-state index contributed by atoms with van der Waals surface area (Å²) in [6.07, 6.45) is 0. The van der Waals surface area contributed by atoms with E-state index in [0.29, 0.717) is 0 Å². The van der Waals surface area contributed by atoms with Gasteiger partial charge in [0.05, 0.1) is 35.5 Å². The number of methoxy groups -OCH3 is 1. The predicted molar refractivity (Wildman–Crippen MR) is 98.2 cm³/mol. The number of hydrogen-bond donors (Lipinski definition) is 2. The van der Waals surface area contributed by atoms with Crippen molar-refractivity contribution in [3.8, 4) is 0 Å². The van der Waals surface area contributed by atoms with E-state index in [4.69, 9.17) is 4.74 Å². The summed E-state index contributed by atoms with van der Waals surface area (Å²) in [6, 6.07) is 6.45. The molecule has 1 heterocycles. The molecule has 1 aliphatic heterocycles. The lowest BCUT2D eigenvalue weighted by Gasteiger charge is -2.35. The normalized spacial score (nSPS) is 16.5. The van der Waals surface area contributed by atoms with E-state index in [0.717, 1.165) is 30.2 Å². The first-order chi connectivity index (χ1) is 13.8. The van der Waals surface area contributed by atoms with Gasteiger partial charge in [-0.05, 0) is 37.3 Å². The lowest BCUT2D eigenvalue weighted by Crippen LogP contribution is -2.48. The first-order valence-electron chi connectivity index (χ1n) is 8.43. The van der Waals surface area contributed by atoms with Crippen LogP contribution in [0.2, 0.25) is 0 Å². The van der Waals surface area contributed by atoms with Gasteiger partial charge in [0, 0.05) is 5.70 Å². The molecule has 1 atom stereocenters. The Balaban J connectivity index is 2.20. The number of amides is 2. The fourth-order valence-corrected chi connectivity index (χ4v) is 3.21. The molecule has 0 saturated heterocycles. The molecule has 0 fully saturated rings. The minimum atomic E-state index is -1.42. The molecule has 0 bridgehead atoms. The van der Waals surface area contributed by atoms with E-state index < -0.39 is 41.2 Å². The number of carbonyl (C=O) groups is 3. The highest BCUT2D eigenvalue weighted by atomic mass is 19.1. The number of ether oxygens (including phenoxy) is 1. The number of carboxylic acids is 1. The van der Waals surface area contributed by atoms with E-state index >= 15 is 0 Å². The van der Waals surface area contributed by atoms with E-state index in [1.807, 2.05) is 0 Å². The maximum absolute atomic E-state index is 14.3. The van der Waals surface area contributed by atoms with Crippen LogP contribution in [-0.4, -0.2) is 30.2 Å². The predicted octanol–water partition coefficient (Wildman–Crippen LogP) is 3.38. The number of carbonyl (C=O) groups excluding carboxylic acids is 2. The summed E-state index contributed by atoms with van der Waals surface area (Å²) in [7, 11) is 1.10. The average molecular weight is 402 g/mol. The van der Waals surface area contributed by atoms with Crippen LogP contribution in [0.25, 0.3) is 0 Å². The topological polar surface area (TPSA) is 95.9 Å². The Morgan fingerprint density at radius 1 is 1.14 bits per heavy atom. The molecule has 29 heavy (non-hydrogen) atoms. The van der Waals surface area contributed by atoms with Crippen molar-refractivity contribution in [2.45, 2.75) is 13.0 Å². The summed E-state index contributed by atoms with van der Waals surface area (Å²) in [5.74, 6) is -3.98. The summed E-state index contributed by atoms with van der Waals surface area (Å²) in [5.41, 5.74) is -0.550. The standard InChI is InChI=1S/C20H16F2N2O5/c1-10-15(19(27)29-2)17(16-13(21)7-4-8-14(16)22)23-20(28)24(10)12-6-3-5-11(9-12)18(25)26/h3-9,17H,1-2H3,(H,23,28)(H,25,26)/t17-/m0/s1. The van der Waals surface area contributed by atoms with Crippen molar-refractivity contribution in [1.82, 2.24) is 5.32 Å². The zero-order valence-corrected chi connectivity index (χ0v) is 15.4. The Hall–Kier alpha value is -3.75. The first-order valence-corrected chi connectivity index (χ1v) is 8.43. The van der Waals surface area contributed by atoms with Crippen LogP contribution in [-0.2, 0) is 9.53 Å². The molecule has 0 radical (unpaired) electrons. The number of allylic oxidation sites excluding steroid dienone is 1. The lowest BCUT2D eigenvalue weighted by atomic mass is 9.93. The third kappa shape index (κ3) is 3.54. The fraction of sp³-hybridized carbons (Fsp3) is 0.150. The number of halogens is 2. The molecule has 0 saturated carbocycles. The van der Waals surface area contributed by atoms with E-state index in [2.05, 4.69) is 5.32 Å². The van der Waals surface area contributed by atoms with Crippen LogP contribution in [0, 0.1) is 11.6 Å². The molecule has 1 aliphatic rings. The zero-order valence-electron chi connectivity index (χ0n) is 15.4. The fourth-order valence-electron chi connectivity index (χ4n) is 3.21. The Bertz CT molecular complexity index is 1030. The van der Waals surface area contributed by atoms with Crippen LogP contribution < -0.4 is 10.2 Å². The van der Waals surface area contributed by atoms with Crippen LogP contribution in [0.5, 0.6) is 0 Å². The number of benzene rings is 2. The summed E-state index contributed by atoms with van der Waals surface area (Å²) in [4.78, 5) is 37.5. The van der Waals surface area contributed by atoms with Gasteiger partial charge in [0.25, 0.3) is 0 Å². The maximum atomic E-state index is 14.3. The molecule has 9 heteroatoms. The third-order valence-corrected chi connectivity index (χ3v) is 4.53. The molecule has 2 amide bonds. The van der Waals surface area contributed by atoms with Gasteiger partial charge in [0.1, 0.15) is 11.6 Å². The molecule has 7 nitrogen and oxygen atoms in total. The van der Waals surface area contributed by atoms with Gasteiger partial charge in [-0.15, -0.1) is 0 Å². The number of nitrogens with one attached hydrogen (secondary N) is 1. The monoisotopic (exact) mass is 402 g/mol. The van der Waals surface area contributed by atoms with E-state index in [-0.39, 0.29) is 22.5 Å².